The predicted molar refractivity (Wildman–Crippen MR) is 99.5 cm³/mol. The Morgan fingerprint density at radius 3 is 2.92 bits per heavy atom. The van der Waals surface area contributed by atoms with Crippen LogP contribution in [0.3, 0.4) is 0 Å². The van der Waals surface area contributed by atoms with E-state index >= 15 is 0 Å². The van der Waals surface area contributed by atoms with Crippen LogP contribution in [-0.4, -0.2) is 46.5 Å². The van der Waals surface area contributed by atoms with Crippen LogP contribution in [0, 0.1) is 5.92 Å². The summed E-state index contributed by atoms with van der Waals surface area (Å²) in [5.74, 6) is 2.24. The van der Waals surface area contributed by atoms with Crippen molar-refractivity contribution in [2.24, 2.45) is 5.92 Å². The quantitative estimate of drug-likeness (QED) is 0.920. The number of hydrogen-bond donors (Lipinski definition) is 1. The highest BCUT2D eigenvalue weighted by Gasteiger charge is 2.29. The molecule has 2 aliphatic rings. The minimum atomic E-state index is 0.0199. The SMILES string of the molecule is CC(C)C1COc2cc(C(=O)N3CCC(c4ccncc4)C3)cnc2N1. The maximum absolute atomic E-state index is 12.9. The highest BCUT2D eigenvalue weighted by molar-refractivity contribution is 5.95. The molecular formula is C20H24N4O2. The Hall–Kier alpha value is -2.63. The van der Waals surface area contributed by atoms with Gasteiger partial charge in [-0.1, -0.05) is 13.8 Å². The lowest BCUT2D eigenvalue weighted by atomic mass is 10.00. The molecule has 4 rings (SSSR count). The molecule has 0 bridgehead atoms. The number of carbonyl (C=O) groups excluding carboxylic acids is 1. The maximum Gasteiger partial charge on any atom is 0.255 e. The van der Waals surface area contributed by atoms with E-state index in [4.69, 9.17) is 4.74 Å². The van der Waals surface area contributed by atoms with Crippen LogP contribution in [0.2, 0.25) is 0 Å². The van der Waals surface area contributed by atoms with Crippen LogP contribution in [0.5, 0.6) is 5.75 Å². The second-order valence-electron chi connectivity index (χ2n) is 7.39. The fourth-order valence-electron chi connectivity index (χ4n) is 3.57. The number of aromatic nitrogens is 2. The topological polar surface area (TPSA) is 67.3 Å². The van der Waals surface area contributed by atoms with Crippen LogP contribution in [0.1, 0.15) is 42.1 Å². The average molecular weight is 352 g/mol. The lowest BCUT2D eigenvalue weighted by Gasteiger charge is -2.29. The molecule has 26 heavy (non-hydrogen) atoms. The molecule has 1 amide bonds. The summed E-state index contributed by atoms with van der Waals surface area (Å²) in [4.78, 5) is 23.3. The van der Waals surface area contributed by atoms with Gasteiger partial charge in [0, 0.05) is 37.6 Å². The molecule has 2 aromatic rings. The van der Waals surface area contributed by atoms with E-state index in [1.807, 2.05) is 35.5 Å². The van der Waals surface area contributed by atoms with Gasteiger partial charge in [-0.05, 0) is 36.1 Å². The minimum absolute atomic E-state index is 0.0199. The van der Waals surface area contributed by atoms with Crippen LogP contribution < -0.4 is 10.1 Å². The second kappa shape index (κ2) is 6.94. The molecule has 4 heterocycles. The molecule has 1 fully saturated rings. The molecule has 2 unspecified atom stereocenters. The first kappa shape index (κ1) is 16.8. The third-order valence-electron chi connectivity index (χ3n) is 5.30. The van der Waals surface area contributed by atoms with Gasteiger partial charge in [-0.3, -0.25) is 9.78 Å². The number of carbonyl (C=O) groups is 1. The minimum Gasteiger partial charge on any atom is -0.488 e. The van der Waals surface area contributed by atoms with Crippen molar-refractivity contribution in [3.05, 3.63) is 47.9 Å². The zero-order chi connectivity index (χ0) is 18.1. The van der Waals surface area contributed by atoms with Gasteiger partial charge < -0.3 is 15.0 Å². The lowest BCUT2D eigenvalue weighted by Crippen LogP contribution is -2.36. The van der Waals surface area contributed by atoms with Gasteiger partial charge >= 0.3 is 0 Å². The number of fused-ring (bicyclic) bond motifs is 1. The first-order valence-electron chi connectivity index (χ1n) is 9.20. The molecular weight excluding hydrogens is 328 g/mol. The molecule has 2 aromatic heterocycles. The van der Waals surface area contributed by atoms with Gasteiger partial charge in [0.1, 0.15) is 6.61 Å². The smallest absolute Gasteiger partial charge is 0.255 e. The molecule has 2 aliphatic heterocycles. The van der Waals surface area contributed by atoms with Crippen LogP contribution in [0.25, 0.3) is 0 Å². The molecule has 0 aliphatic carbocycles. The molecule has 6 heteroatoms. The van der Waals surface area contributed by atoms with Crippen molar-refractivity contribution in [3.63, 3.8) is 0 Å². The summed E-state index contributed by atoms with van der Waals surface area (Å²) < 4.78 is 5.84. The number of anilines is 1. The van der Waals surface area contributed by atoms with Crippen molar-refractivity contribution in [3.8, 4) is 5.75 Å². The number of amides is 1. The number of nitrogens with zero attached hydrogens (tertiary/aromatic N) is 3. The van der Waals surface area contributed by atoms with Gasteiger partial charge in [-0.15, -0.1) is 0 Å². The molecule has 1 saturated heterocycles. The summed E-state index contributed by atoms with van der Waals surface area (Å²) in [5.41, 5.74) is 1.83. The molecule has 0 aromatic carbocycles. The van der Waals surface area contributed by atoms with Gasteiger partial charge in [0.2, 0.25) is 0 Å². The lowest BCUT2D eigenvalue weighted by molar-refractivity contribution is 0.0789. The van der Waals surface area contributed by atoms with E-state index in [9.17, 15) is 4.79 Å². The standard InChI is InChI=1S/C20H24N4O2/c1-13(2)17-12-26-18-9-16(10-22-19(18)23-17)20(25)24-8-5-15(11-24)14-3-6-21-7-4-14/h3-4,6-7,9-10,13,15,17H,5,8,11-12H2,1-2H3,(H,22,23). The first-order chi connectivity index (χ1) is 12.6. The largest absolute Gasteiger partial charge is 0.488 e. The number of likely N-dealkylation sites (tertiary alicyclic amines) is 1. The third kappa shape index (κ3) is 3.23. The van der Waals surface area contributed by atoms with Crippen molar-refractivity contribution in [2.45, 2.75) is 32.2 Å². The van der Waals surface area contributed by atoms with Crippen molar-refractivity contribution < 1.29 is 9.53 Å². The van der Waals surface area contributed by atoms with Crippen molar-refractivity contribution in [1.82, 2.24) is 14.9 Å². The fourth-order valence-corrected chi connectivity index (χ4v) is 3.57. The van der Waals surface area contributed by atoms with Gasteiger partial charge in [-0.25, -0.2) is 4.98 Å². The Bertz CT molecular complexity index is 794. The van der Waals surface area contributed by atoms with Crippen LogP contribution in [-0.2, 0) is 0 Å². The Morgan fingerprint density at radius 1 is 1.35 bits per heavy atom. The van der Waals surface area contributed by atoms with E-state index in [2.05, 4.69) is 29.1 Å². The van der Waals surface area contributed by atoms with E-state index in [0.717, 1.165) is 25.3 Å². The van der Waals surface area contributed by atoms with E-state index in [1.165, 1.54) is 5.56 Å². The molecule has 2 atom stereocenters. The molecule has 0 saturated carbocycles. The molecule has 0 spiro atoms. The van der Waals surface area contributed by atoms with Gasteiger partial charge in [0.05, 0.1) is 11.6 Å². The normalized spacial score (nSPS) is 21.9. The monoisotopic (exact) mass is 352 g/mol. The predicted octanol–water partition coefficient (Wildman–Crippen LogP) is 2.94. The Morgan fingerprint density at radius 2 is 2.15 bits per heavy atom. The van der Waals surface area contributed by atoms with Gasteiger partial charge in [0.15, 0.2) is 11.6 Å². The highest BCUT2D eigenvalue weighted by atomic mass is 16.5. The summed E-state index contributed by atoms with van der Waals surface area (Å²) in [5, 5.41) is 3.39. The zero-order valence-corrected chi connectivity index (χ0v) is 15.2. The number of ether oxygens (including phenoxy) is 1. The first-order valence-corrected chi connectivity index (χ1v) is 9.20. The highest BCUT2D eigenvalue weighted by Crippen LogP contribution is 2.31. The summed E-state index contributed by atoms with van der Waals surface area (Å²) in [6, 6.07) is 6.12. The van der Waals surface area contributed by atoms with E-state index in [1.54, 1.807) is 6.20 Å². The number of hydrogen-bond acceptors (Lipinski definition) is 5. The third-order valence-corrected chi connectivity index (χ3v) is 5.30. The summed E-state index contributed by atoms with van der Waals surface area (Å²) in [6.07, 6.45) is 6.24. The number of nitrogens with one attached hydrogen (secondary N) is 1. The van der Waals surface area contributed by atoms with Crippen molar-refractivity contribution in [1.29, 1.82) is 0 Å². The molecule has 6 nitrogen and oxygen atoms in total. The second-order valence-corrected chi connectivity index (χ2v) is 7.39. The van der Waals surface area contributed by atoms with Crippen LogP contribution in [0.4, 0.5) is 5.82 Å². The summed E-state index contributed by atoms with van der Waals surface area (Å²) >= 11 is 0. The molecule has 0 radical (unpaired) electrons. The summed E-state index contributed by atoms with van der Waals surface area (Å²) in [7, 11) is 0. The number of pyridine rings is 2. The fraction of sp³-hybridized carbons (Fsp3) is 0.450. The van der Waals surface area contributed by atoms with E-state index in [0.29, 0.717) is 29.8 Å². The van der Waals surface area contributed by atoms with Crippen LogP contribution >= 0.6 is 0 Å². The van der Waals surface area contributed by atoms with Gasteiger partial charge in [0.25, 0.3) is 5.91 Å². The molecule has 136 valence electrons. The van der Waals surface area contributed by atoms with Crippen molar-refractivity contribution in [2.75, 3.05) is 25.0 Å². The van der Waals surface area contributed by atoms with Crippen LogP contribution in [0.15, 0.2) is 36.8 Å². The zero-order valence-electron chi connectivity index (χ0n) is 15.2. The average Bonchev–Trinajstić information content (AvgIpc) is 3.17. The Balaban J connectivity index is 1.46. The molecule has 1 N–H and O–H groups in total. The van der Waals surface area contributed by atoms with Gasteiger partial charge in [-0.2, -0.15) is 0 Å². The maximum atomic E-state index is 12.9. The Kier molecular flexibility index (Phi) is 4.49. The van der Waals surface area contributed by atoms with E-state index < -0.39 is 0 Å². The Labute approximate surface area is 153 Å². The summed E-state index contributed by atoms with van der Waals surface area (Å²) in [6.45, 7) is 6.39. The van der Waals surface area contributed by atoms with Crippen molar-refractivity contribution >= 4 is 11.7 Å². The van der Waals surface area contributed by atoms with E-state index in [-0.39, 0.29) is 11.9 Å². The number of rotatable bonds is 3.